The molecular formula is C10H21NO2S. The van der Waals surface area contributed by atoms with Crippen LogP contribution in [0, 0.1) is 0 Å². The number of hydrogen-bond acceptors (Lipinski definition) is 3. The fourth-order valence-electron chi connectivity index (χ4n) is 1.81. The monoisotopic (exact) mass is 219 g/mol. The number of hydrogen-bond donors (Lipinski definition) is 1. The summed E-state index contributed by atoms with van der Waals surface area (Å²) in [6, 6.07) is 0. The molecule has 1 N–H and O–H groups in total. The molecule has 0 aromatic rings. The van der Waals surface area contributed by atoms with Crippen LogP contribution < -0.4 is 5.32 Å². The van der Waals surface area contributed by atoms with E-state index in [9.17, 15) is 8.42 Å². The zero-order chi connectivity index (χ0) is 10.4. The van der Waals surface area contributed by atoms with Gasteiger partial charge in [0, 0.05) is 6.54 Å². The van der Waals surface area contributed by atoms with Crippen molar-refractivity contribution in [2.45, 2.75) is 44.3 Å². The second kappa shape index (κ2) is 5.71. The Morgan fingerprint density at radius 1 is 1.36 bits per heavy atom. The van der Waals surface area contributed by atoms with Crippen LogP contribution in [-0.2, 0) is 9.84 Å². The van der Waals surface area contributed by atoms with E-state index in [0.29, 0.717) is 12.3 Å². The maximum Gasteiger partial charge on any atom is 0.154 e. The summed E-state index contributed by atoms with van der Waals surface area (Å²) in [6.45, 7) is 3.66. The van der Waals surface area contributed by atoms with Crippen molar-refractivity contribution in [3.63, 3.8) is 0 Å². The molecule has 1 unspecified atom stereocenters. The van der Waals surface area contributed by atoms with Crippen LogP contribution >= 0.6 is 0 Å². The highest BCUT2D eigenvalue weighted by atomic mass is 32.2. The Hall–Kier alpha value is -0.0900. The molecule has 1 fully saturated rings. The maximum atomic E-state index is 11.9. The quantitative estimate of drug-likeness (QED) is 0.776. The molecule has 0 amide bonds. The highest BCUT2D eigenvalue weighted by Gasteiger charge is 2.25. The predicted molar refractivity (Wildman–Crippen MR) is 59.2 cm³/mol. The highest BCUT2D eigenvalue weighted by molar-refractivity contribution is 7.92. The molecular weight excluding hydrogens is 198 g/mol. The van der Waals surface area contributed by atoms with Crippen LogP contribution in [0.1, 0.15) is 39.0 Å². The van der Waals surface area contributed by atoms with E-state index in [-0.39, 0.29) is 5.25 Å². The minimum atomic E-state index is -2.83. The molecule has 1 aliphatic rings. The highest BCUT2D eigenvalue weighted by Crippen LogP contribution is 2.14. The SMILES string of the molecule is CCCCS(=O)(=O)C1CCCCNC1. The smallest absolute Gasteiger partial charge is 0.154 e. The Morgan fingerprint density at radius 3 is 2.86 bits per heavy atom. The first-order chi connectivity index (χ1) is 6.67. The van der Waals surface area contributed by atoms with Gasteiger partial charge in [0.1, 0.15) is 0 Å². The third kappa shape index (κ3) is 3.58. The number of unbranched alkanes of at least 4 members (excludes halogenated alkanes) is 1. The molecule has 0 radical (unpaired) electrons. The summed E-state index contributed by atoms with van der Waals surface area (Å²) < 4.78 is 23.7. The molecule has 1 atom stereocenters. The lowest BCUT2D eigenvalue weighted by molar-refractivity contribution is 0.564. The molecule has 1 aliphatic heterocycles. The maximum absolute atomic E-state index is 11.9. The van der Waals surface area contributed by atoms with E-state index in [0.717, 1.165) is 38.6 Å². The lowest BCUT2D eigenvalue weighted by atomic mass is 10.2. The van der Waals surface area contributed by atoms with Gasteiger partial charge in [0.05, 0.1) is 11.0 Å². The van der Waals surface area contributed by atoms with Crippen LogP contribution in [-0.4, -0.2) is 32.5 Å². The van der Waals surface area contributed by atoms with Crippen LogP contribution in [0.2, 0.25) is 0 Å². The normalized spacial score (nSPS) is 24.5. The zero-order valence-corrected chi connectivity index (χ0v) is 9.78. The van der Waals surface area contributed by atoms with Crippen LogP contribution in [0.25, 0.3) is 0 Å². The van der Waals surface area contributed by atoms with Crippen molar-refractivity contribution in [1.82, 2.24) is 5.32 Å². The van der Waals surface area contributed by atoms with Crippen LogP contribution in [0.3, 0.4) is 0 Å². The van der Waals surface area contributed by atoms with Crippen molar-refractivity contribution >= 4 is 9.84 Å². The predicted octanol–water partition coefficient (Wildman–Crippen LogP) is 1.34. The topological polar surface area (TPSA) is 46.2 Å². The van der Waals surface area contributed by atoms with E-state index in [1.54, 1.807) is 0 Å². The summed E-state index contributed by atoms with van der Waals surface area (Å²) >= 11 is 0. The van der Waals surface area contributed by atoms with Crippen molar-refractivity contribution in [2.75, 3.05) is 18.8 Å². The first-order valence-corrected chi connectivity index (χ1v) is 7.30. The van der Waals surface area contributed by atoms with Gasteiger partial charge >= 0.3 is 0 Å². The zero-order valence-electron chi connectivity index (χ0n) is 8.96. The van der Waals surface area contributed by atoms with Gasteiger partial charge in [-0.05, 0) is 25.8 Å². The van der Waals surface area contributed by atoms with Gasteiger partial charge in [-0.3, -0.25) is 0 Å². The number of sulfone groups is 1. The van der Waals surface area contributed by atoms with Gasteiger partial charge in [-0.2, -0.15) is 0 Å². The molecule has 1 saturated heterocycles. The second-order valence-electron chi connectivity index (χ2n) is 4.04. The van der Waals surface area contributed by atoms with Gasteiger partial charge in [-0.15, -0.1) is 0 Å². The Bertz CT molecular complexity index is 241. The Balaban J connectivity index is 2.51. The molecule has 14 heavy (non-hydrogen) atoms. The van der Waals surface area contributed by atoms with Gasteiger partial charge in [0.25, 0.3) is 0 Å². The van der Waals surface area contributed by atoms with Crippen molar-refractivity contribution in [3.05, 3.63) is 0 Å². The van der Waals surface area contributed by atoms with Crippen molar-refractivity contribution in [2.24, 2.45) is 0 Å². The van der Waals surface area contributed by atoms with E-state index in [1.165, 1.54) is 0 Å². The van der Waals surface area contributed by atoms with E-state index < -0.39 is 9.84 Å². The third-order valence-electron chi connectivity index (χ3n) is 2.79. The first-order valence-electron chi connectivity index (χ1n) is 5.59. The van der Waals surface area contributed by atoms with E-state index in [2.05, 4.69) is 5.32 Å². The molecule has 1 rings (SSSR count). The fraction of sp³-hybridized carbons (Fsp3) is 1.00. The summed E-state index contributed by atoms with van der Waals surface area (Å²) in [5, 5.41) is 3.07. The third-order valence-corrected chi connectivity index (χ3v) is 5.07. The van der Waals surface area contributed by atoms with E-state index in [4.69, 9.17) is 0 Å². The number of rotatable bonds is 4. The van der Waals surface area contributed by atoms with E-state index >= 15 is 0 Å². The minimum Gasteiger partial charge on any atom is -0.315 e. The number of nitrogens with one attached hydrogen (secondary N) is 1. The molecule has 0 aromatic heterocycles. The van der Waals surface area contributed by atoms with Crippen molar-refractivity contribution in [3.8, 4) is 0 Å². The minimum absolute atomic E-state index is 0.128. The summed E-state index contributed by atoms with van der Waals surface area (Å²) in [5.41, 5.74) is 0. The van der Waals surface area contributed by atoms with Crippen LogP contribution in [0.4, 0.5) is 0 Å². The van der Waals surface area contributed by atoms with Gasteiger partial charge in [-0.25, -0.2) is 8.42 Å². The van der Waals surface area contributed by atoms with Crippen molar-refractivity contribution < 1.29 is 8.42 Å². The standard InChI is InChI=1S/C10H21NO2S/c1-2-3-8-14(12,13)10-6-4-5-7-11-9-10/h10-11H,2-9H2,1H3. The Morgan fingerprint density at radius 2 is 2.14 bits per heavy atom. The largest absolute Gasteiger partial charge is 0.315 e. The molecule has 0 spiro atoms. The fourth-order valence-corrected chi connectivity index (χ4v) is 3.73. The van der Waals surface area contributed by atoms with Crippen LogP contribution in [0.5, 0.6) is 0 Å². The first kappa shape index (κ1) is 12.0. The lowest BCUT2D eigenvalue weighted by Crippen LogP contribution is -2.33. The van der Waals surface area contributed by atoms with Gasteiger partial charge < -0.3 is 5.32 Å². The molecule has 0 aromatic carbocycles. The summed E-state index contributed by atoms with van der Waals surface area (Å²) in [5.74, 6) is 0.371. The summed E-state index contributed by atoms with van der Waals surface area (Å²) in [4.78, 5) is 0. The Labute approximate surface area is 87.2 Å². The molecule has 0 bridgehead atoms. The summed E-state index contributed by atoms with van der Waals surface area (Å²) in [7, 11) is -2.83. The second-order valence-corrected chi connectivity index (χ2v) is 6.44. The van der Waals surface area contributed by atoms with Gasteiger partial charge in [-0.1, -0.05) is 19.8 Å². The average Bonchev–Trinajstić information content (AvgIpc) is 2.43. The summed E-state index contributed by atoms with van der Waals surface area (Å²) in [6.07, 6.45) is 4.76. The van der Waals surface area contributed by atoms with Gasteiger partial charge in [0.2, 0.25) is 0 Å². The molecule has 0 aliphatic carbocycles. The molecule has 84 valence electrons. The molecule has 3 nitrogen and oxygen atoms in total. The average molecular weight is 219 g/mol. The lowest BCUT2D eigenvalue weighted by Gasteiger charge is -2.14. The molecule has 4 heteroatoms. The van der Waals surface area contributed by atoms with Crippen LogP contribution in [0.15, 0.2) is 0 Å². The molecule has 0 saturated carbocycles. The van der Waals surface area contributed by atoms with E-state index in [1.807, 2.05) is 6.92 Å². The molecule has 1 heterocycles. The van der Waals surface area contributed by atoms with Gasteiger partial charge in [0.15, 0.2) is 9.84 Å². The Kier molecular flexibility index (Phi) is 4.89. The van der Waals surface area contributed by atoms with Crippen molar-refractivity contribution in [1.29, 1.82) is 0 Å².